The van der Waals surface area contributed by atoms with Crippen molar-refractivity contribution in [1.29, 1.82) is 0 Å². The molecule has 0 saturated heterocycles. The number of anilines is 1. The molecule has 0 aliphatic carbocycles. The fourth-order valence-corrected chi connectivity index (χ4v) is 1.43. The summed E-state index contributed by atoms with van der Waals surface area (Å²) in [6, 6.07) is 6.71. The summed E-state index contributed by atoms with van der Waals surface area (Å²) in [7, 11) is 0. The van der Waals surface area contributed by atoms with Crippen LogP contribution in [-0.2, 0) is 4.79 Å². The van der Waals surface area contributed by atoms with Gasteiger partial charge in [-0.2, -0.15) is 0 Å². The predicted molar refractivity (Wildman–Crippen MR) is 73.3 cm³/mol. The van der Waals surface area contributed by atoms with Gasteiger partial charge >= 0.3 is 0 Å². The van der Waals surface area contributed by atoms with Crippen molar-refractivity contribution in [2.75, 3.05) is 5.32 Å². The van der Waals surface area contributed by atoms with Gasteiger partial charge in [-0.3, -0.25) is 4.79 Å². The first-order valence-electron chi connectivity index (χ1n) is 5.60. The van der Waals surface area contributed by atoms with E-state index in [1.54, 1.807) is 12.1 Å². The first-order chi connectivity index (χ1) is 8.70. The molecule has 0 bridgehead atoms. The lowest BCUT2D eigenvalue weighted by Crippen LogP contribution is -2.34. The minimum absolute atomic E-state index is 0. The molecule has 0 spiro atoms. The van der Waals surface area contributed by atoms with Crippen molar-refractivity contribution >= 4 is 24.0 Å². The quantitative estimate of drug-likeness (QED) is 0.862. The van der Waals surface area contributed by atoms with Crippen LogP contribution in [0.15, 0.2) is 30.6 Å². The maximum Gasteiger partial charge on any atom is 0.241 e. The van der Waals surface area contributed by atoms with E-state index in [0.29, 0.717) is 12.1 Å². The van der Waals surface area contributed by atoms with Crippen molar-refractivity contribution in [3.8, 4) is 5.69 Å². The van der Waals surface area contributed by atoms with Gasteiger partial charge in [0.15, 0.2) is 0 Å². The summed E-state index contributed by atoms with van der Waals surface area (Å²) < 4.78 is 1.51. The van der Waals surface area contributed by atoms with Gasteiger partial charge in [-0.25, -0.2) is 4.68 Å². The highest BCUT2D eigenvalue weighted by atomic mass is 35.5. The van der Waals surface area contributed by atoms with Gasteiger partial charge in [0.05, 0.1) is 11.7 Å². The monoisotopic (exact) mass is 282 g/mol. The molecule has 0 fully saturated rings. The van der Waals surface area contributed by atoms with Gasteiger partial charge in [-0.1, -0.05) is 13.0 Å². The summed E-state index contributed by atoms with van der Waals surface area (Å²) >= 11 is 0. The van der Waals surface area contributed by atoms with Gasteiger partial charge < -0.3 is 11.1 Å². The number of rotatable bonds is 4. The predicted octanol–water partition coefficient (Wildman–Crippen LogP) is 0.760. The average molecular weight is 283 g/mol. The van der Waals surface area contributed by atoms with E-state index in [1.807, 2.05) is 19.1 Å². The third-order valence-electron chi connectivity index (χ3n) is 2.50. The van der Waals surface area contributed by atoms with E-state index in [9.17, 15) is 4.79 Å². The van der Waals surface area contributed by atoms with Crippen molar-refractivity contribution in [3.63, 3.8) is 0 Å². The summed E-state index contributed by atoms with van der Waals surface area (Å²) in [5.41, 5.74) is 7.08. The van der Waals surface area contributed by atoms with Crippen LogP contribution in [0.25, 0.3) is 5.69 Å². The number of aromatic nitrogens is 4. The van der Waals surface area contributed by atoms with Crippen LogP contribution < -0.4 is 11.1 Å². The molecule has 8 heteroatoms. The lowest BCUT2D eigenvalue weighted by atomic mass is 10.2. The van der Waals surface area contributed by atoms with Crippen molar-refractivity contribution < 1.29 is 4.79 Å². The van der Waals surface area contributed by atoms with Gasteiger partial charge in [0, 0.05) is 5.69 Å². The number of hydrogen-bond acceptors (Lipinski definition) is 5. The molecule has 19 heavy (non-hydrogen) atoms. The highest BCUT2D eigenvalue weighted by Gasteiger charge is 2.11. The summed E-state index contributed by atoms with van der Waals surface area (Å²) in [5, 5.41) is 13.6. The Morgan fingerprint density at radius 2 is 2.32 bits per heavy atom. The molecule has 0 unspecified atom stereocenters. The van der Waals surface area contributed by atoms with E-state index < -0.39 is 6.04 Å². The zero-order chi connectivity index (χ0) is 13.0. The van der Waals surface area contributed by atoms with Crippen LogP contribution in [0.5, 0.6) is 0 Å². The first-order valence-corrected chi connectivity index (χ1v) is 5.60. The zero-order valence-corrected chi connectivity index (χ0v) is 11.2. The maximum absolute atomic E-state index is 11.7. The highest BCUT2D eigenvalue weighted by Crippen LogP contribution is 2.13. The van der Waals surface area contributed by atoms with Crippen LogP contribution in [0, 0.1) is 0 Å². The molecule has 1 amide bonds. The van der Waals surface area contributed by atoms with Gasteiger partial charge in [0.25, 0.3) is 0 Å². The molecule has 1 aromatic carbocycles. The summed E-state index contributed by atoms with van der Waals surface area (Å²) in [5.74, 6) is -0.202. The number of tetrazole rings is 1. The van der Waals surface area contributed by atoms with Gasteiger partial charge in [-0.05, 0) is 35.0 Å². The SMILES string of the molecule is CC[C@H](N)C(=O)Nc1cccc(-n2cnnn2)c1.Cl. The number of nitrogens with two attached hydrogens (primary N) is 1. The van der Waals surface area contributed by atoms with Crippen LogP contribution in [0.2, 0.25) is 0 Å². The second-order valence-corrected chi connectivity index (χ2v) is 3.81. The Kier molecular flexibility index (Phi) is 5.40. The molecule has 0 radical (unpaired) electrons. The molecule has 3 N–H and O–H groups in total. The molecular weight excluding hydrogens is 268 g/mol. The number of nitrogens with zero attached hydrogens (tertiary/aromatic N) is 4. The second kappa shape index (κ2) is 6.81. The first kappa shape index (κ1) is 15.1. The number of amides is 1. The van der Waals surface area contributed by atoms with Gasteiger partial charge in [0.2, 0.25) is 5.91 Å². The fraction of sp³-hybridized carbons (Fsp3) is 0.273. The van der Waals surface area contributed by atoms with Crippen molar-refractivity contribution in [2.24, 2.45) is 5.73 Å². The van der Waals surface area contributed by atoms with Crippen LogP contribution in [0.4, 0.5) is 5.69 Å². The summed E-state index contributed by atoms with van der Waals surface area (Å²) in [6.45, 7) is 1.86. The minimum Gasteiger partial charge on any atom is -0.325 e. The van der Waals surface area contributed by atoms with E-state index in [2.05, 4.69) is 20.8 Å². The molecule has 0 aliphatic rings. The summed E-state index contributed by atoms with van der Waals surface area (Å²) in [4.78, 5) is 11.7. The average Bonchev–Trinajstić information content (AvgIpc) is 2.92. The van der Waals surface area contributed by atoms with Gasteiger partial charge in [0.1, 0.15) is 6.33 Å². The Balaban J connectivity index is 0.00000180. The smallest absolute Gasteiger partial charge is 0.241 e. The number of carbonyl (C=O) groups is 1. The molecule has 2 aromatic rings. The molecule has 0 saturated carbocycles. The Hall–Kier alpha value is -1.99. The Bertz CT molecular complexity index is 530. The number of carbonyl (C=O) groups excluding carboxylic acids is 1. The standard InChI is InChI=1S/C11H14N6O.ClH/c1-2-10(12)11(18)14-8-4-3-5-9(6-8)17-7-13-15-16-17;/h3-7,10H,2,12H2,1H3,(H,14,18);1H/t10-;/m0./s1. The van der Waals surface area contributed by atoms with E-state index in [0.717, 1.165) is 5.69 Å². The molecule has 1 aromatic heterocycles. The topological polar surface area (TPSA) is 98.7 Å². The molecule has 0 aliphatic heterocycles. The molecule has 2 rings (SSSR count). The Labute approximate surface area is 116 Å². The molecule has 1 heterocycles. The Morgan fingerprint density at radius 3 is 2.95 bits per heavy atom. The third-order valence-corrected chi connectivity index (χ3v) is 2.50. The zero-order valence-electron chi connectivity index (χ0n) is 10.4. The van der Waals surface area contributed by atoms with Crippen molar-refractivity contribution in [3.05, 3.63) is 30.6 Å². The van der Waals surface area contributed by atoms with Crippen molar-refractivity contribution in [1.82, 2.24) is 20.2 Å². The van der Waals surface area contributed by atoms with E-state index in [-0.39, 0.29) is 18.3 Å². The normalized spacial score (nSPS) is 11.5. The van der Waals surface area contributed by atoms with Gasteiger partial charge in [-0.15, -0.1) is 17.5 Å². The van der Waals surface area contributed by atoms with E-state index in [4.69, 9.17) is 5.73 Å². The molecule has 7 nitrogen and oxygen atoms in total. The summed E-state index contributed by atoms with van der Waals surface area (Å²) in [6.07, 6.45) is 2.08. The van der Waals surface area contributed by atoms with Crippen molar-refractivity contribution in [2.45, 2.75) is 19.4 Å². The van der Waals surface area contributed by atoms with Crippen LogP contribution >= 0.6 is 12.4 Å². The number of hydrogen-bond donors (Lipinski definition) is 2. The van der Waals surface area contributed by atoms with E-state index in [1.165, 1.54) is 11.0 Å². The number of benzene rings is 1. The number of nitrogens with one attached hydrogen (secondary N) is 1. The lowest BCUT2D eigenvalue weighted by molar-refractivity contribution is -0.117. The Morgan fingerprint density at radius 1 is 1.53 bits per heavy atom. The number of halogens is 1. The highest BCUT2D eigenvalue weighted by molar-refractivity contribution is 5.94. The molecule has 102 valence electrons. The van der Waals surface area contributed by atoms with Crippen LogP contribution in [-0.4, -0.2) is 32.2 Å². The largest absolute Gasteiger partial charge is 0.325 e. The second-order valence-electron chi connectivity index (χ2n) is 3.81. The van der Waals surface area contributed by atoms with Crippen LogP contribution in [0.1, 0.15) is 13.3 Å². The molecular formula is C11H15ClN6O. The minimum atomic E-state index is -0.498. The molecule has 1 atom stereocenters. The lowest BCUT2D eigenvalue weighted by Gasteiger charge is -2.10. The van der Waals surface area contributed by atoms with Crippen LogP contribution in [0.3, 0.4) is 0 Å². The fourth-order valence-electron chi connectivity index (χ4n) is 1.43. The third kappa shape index (κ3) is 3.73. The maximum atomic E-state index is 11.7. The van der Waals surface area contributed by atoms with E-state index >= 15 is 0 Å².